The van der Waals surface area contributed by atoms with Gasteiger partial charge in [0, 0.05) is 23.7 Å². The number of Topliss-reactive ketones (excluding diaryl/α,β-unsaturated/α-hetero) is 2. The Hall–Kier alpha value is -1.38. The zero-order valence-corrected chi connectivity index (χ0v) is 20.1. The summed E-state index contributed by atoms with van der Waals surface area (Å²) in [6.07, 6.45) is 2.74. The van der Waals surface area contributed by atoms with Crippen molar-refractivity contribution in [3.05, 3.63) is 5.53 Å². The fourth-order valence-electron chi connectivity index (χ4n) is 7.31. The summed E-state index contributed by atoms with van der Waals surface area (Å²) in [5, 5.41) is 0. The van der Waals surface area contributed by atoms with Crippen molar-refractivity contribution in [1.29, 1.82) is 0 Å². The summed E-state index contributed by atoms with van der Waals surface area (Å²) in [5.41, 5.74) is 6.01. The number of fused-ring (bicyclic) bond motifs is 4. The highest BCUT2D eigenvalue weighted by atomic mass is 32.3. The van der Waals surface area contributed by atoms with Crippen LogP contribution in [0.1, 0.15) is 66.2 Å². The monoisotopic (exact) mass is 470 g/mol. The minimum atomic E-state index is -4.60. The molecule has 4 aliphatic rings. The molecule has 0 N–H and O–H groups in total. The molecule has 0 aromatic rings. The first-order valence-corrected chi connectivity index (χ1v) is 14.1. The number of carbonyl (C=O) groups excluding carboxylic acids is 2. The lowest BCUT2D eigenvalue weighted by Crippen LogP contribution is -2.48. The third kappa shape index (κ3) is 2.70. The van der Waals surface area contributed by atoms with Crippen LogP contribution >= 0.6 is 0 Å². The van der Waals surface area contributed by atoms with Gasteiger partial charge in [-0.15, -0.1) is 4.79 Å². The van der Waals surface area contributed by atoms with Crippen LogP contribution in [0, 0.1) is 33.5 Å². The lowest BCUT2D eigenvalue weighted by molar-refractivity contribution is -0.128. The topological polar surface area (TPSA) is 139 Å². The lowest BCUT2D eigenvalue weighted by Gasteiger charge is -2.36. The van der Waals surface area contributed by atoms with Gasteiger partial charge in [-0.1, -0.05) is 27.7 Å². The Kier molecular flexibility index (Phi) is 4.67. The van der Waals surface area contributed by atoms with Gasteiger partial charge in [0.15, 0.2) is 0 Å². The molecule has 0 radical (unpaired) electrons. The lowest BCUT2D eigenvalue weighted by atomic mass is 9.70. The zero-order valence-electron chi connectivity index (χ0n) is 18.5. The summed E-state index contributed by atoms with van der Waals surface area (Å²) in [6, 6.07) is 0. The first kappa shape index (κ1) is 22.8. The van der Waals surface area contributed by atoms with Crippen LogP contribution in [-0.4, -0.2) is 49.1 Å². The van der Waals surface area contributed by atoms with Gasteiger partial charge in [-0.3, -0.25) is 9.59 Å². The van der Waals surface area contributed by atoms with Gasteiger partial charge in [-0.05, 0) is 48.3 Å². The molecule has 8 nitrogen and oxygen atoms in total. The van der Waals surface area contributed by atoms with Crippen LogP contribution in [0.25, 0.3) is 5.53 Å². The highest BCUT2D eigenvalue weighted by Crippen LogP contribution is 2.65. The SMILES string of the molecule is CC1(C)C2CCC1(CS(=O)(=O)C(=[N+]=[N-])S(=O)(=O)CC13CCC(CC1=O)C3(C)C)C(=O)C2. The molecule has 10 heteroatoms. The van der Waals surface area contributed by atoms with Gasteiger partial charge in [0.2, 0.25) is 0 Å². The van der Waals surface area contributed by atoms with Crippen molar-refractivity contribution >= 4 is 35.6 Å². The van der Waals surface area contributed by atoms with E-state index in [1.54, 1.807) is 0 Å². The average molecular weight is 471 g/mol. The van der Waals surface area contributed by atoms with Crippen LogP contribution in [0.15, 0.2) is 0 Å². The zero-order chi connectivity index (χ0) is 23.3. The molecule has 4 bridgehead atoms. The number of hydrogen-bond donors (Lipinski definition) is 0. The Morgan fingerprint density at radius 3 is 1.42 bits per heavy atom. The van der Waals surface area contributed by atoms with Gasteiger partial charge in [-0.25, -0.2) is 16.8 Å². The molecule has 4 unspecified atom stereocenters. The van der Waals surface area contributed by atoms with Crippen LogP contribution < -0.4 is 0 Å². The molecule has 4 aliphatic carbocycles. The van der Waals surface area contributed by atoms with Crippen molar-refractivity contribution in [2.45, 2.75) is 66.2 Å². The maximum Gasteiger partial charge on any atom is 0.495 e. The summed E-state index contributed by atoms with van der Waals surface area (Å²) in [6.45, 7) is 7.42. The molecule has 0 aromatic heterocycles. The summed E-state index contributed by atoms with van der Waals surface area (Å²) in [7, 11) is -9.20. The van der Waals surface area contributed by atoms with E-state index in [4.69, 9.17) is 0 Å². The quantitative estimate of drug-likeness (QED) is 0.267. The Bertz CT molecular complexity index is 1060. The van der Waals surface area contributed by atoms with Crippen LogP contribution in [0.3, 0.4) is 0 Å². The van der Waals surface area contributed by atoms with Crippen LogP contribution in [-0.2, 0) is 29.3 Å². The van der Waals surface area contributed by atoms with Crippen molar-refractivity contribution in [2.24, 2.45) is 33.5 Å². The van der Waals surface area contributed by atoms with Crippen LogP contribution in [0.2, 0.25) is 0 Å². The number of nitrogens with zero attached hydrogens (tertiary/aromatic N) is 2. The van der Waals surface area contributed by atoms with E-state index in [9.17, 15) is 32.0 Å². The molecular formula is C21H30N2O6S2. The van der Waals surface area contributed by atoms with Crippen LogP contribution in [0.4, 0.5) is 0 Å². The van der Waals surface area contributed by atoms with Gasteiger partial charge in [0.1, 0.15) is 11.6 Å². The Balaban J connectivity index is 1.70. The molecule has 4 rings (SSSR count). The van der Waals surface area contributed by atoms with Crippen LogP contribution in [0.5, 0.6) is 0 Å². The fourth-order valence-corrected chi connectivity index (χ4v) is 12.4. The number of ketones is 2. The van der Waals surface area contributed by atoms with E-state index in [-0.39, 0.29) is 36.2 Å². The van der Waals surface area contributed by atoms with Crippen molar-refractivity contribution in [3.8, 4) is 0 Å². The van der Waals surface area contributed by atoms with Gasteiger partial charge in [0.25, 0.3) is 19.7 Å². The molecule has 0 heterocycles. The number of rotatable bonds is 4. The largest absolute Gasteiger partial charge is 0.495 e. The van der Waals surface area contributed by atoms with Gasteiger partial charge >= 0.3 is 4.38 Å². The molecule has 4 fully saturated rings. The molecule has 0 aliphatic heterocycles. The molecule has 0 amide bonds. The third-order valence-electron chi connectivity index (χ3n) is 9.76. The normalized spacial score (nSPS) is 37.9. The fraction of sp³-hybridized carbons (Fsp3) is 0.857. The van der Waals surface area contributed by atoms with E-state index >= 15 is 0 Å². The molecule has 4 atom stereocenters. The molecule has 4 saturated carbocycles. The predicted octanol–water partition coefficient (Wildman–Crippen LogP) is 2.19. The van der Waals surface area contributed by atoms with Gasteiger partial charge < -0.3 is 5.53 Å². The molecule has 0 spiro atoms. The molecule has 31 heavy (non-hydrogen) atoms. The summed E-state index contributed by atoms with van der Waals surface area (Å²) in [4.78, 5) is 28.3. The molecule has 0 aromatic carbocycles. The Labute approximate surface area is 183 Å². The van der Waals surface area contributed by atoms with Crippen molar-refractivity contribution < 1.29 is 31.2 Å². The number of hydrogen-bond acceptors (Lipinski definition) is 6. The minimum absolute atomic E-state index is 0.0625. The summed E-state index contributed by atoms with van der Waals surface area (Å²) >= 11 is 0. The van der Waals surface area contributed by atoms with Gasteiger partial charge in [0.05, 0.1) is 11.5 Å². The highest BCUT2D eigenvalue weighted by molar-refractivity contribution is 8.31. The summed E-state index contributed by atoms with van der Waals surface area (Å²) in [5.74, 6) is -1.59. The van der Waals surface area contributed by atoms with Gasteiger partial charge in [-0.2, -0.15) is 0 Å². The van der Waals surface area contributed by atoms with Crippen molar-refractivity contribution in [1.82, 2.24) is 0 Å². The van der Waals surface area contributed by atoms with E-state index in [1.807, 2.05) is 27.7 Å². The molecular weight excluding hydrogens is 440 g/mol. The average Bonchev–Trinajstić information content (AvgIpc) is 3.13. The molecule has 0 saturated heterocycles. The minimum Gasteiger partial charge on any atom is -0.359 e. The standard InChI is InChI=1S/C21H30N2O6S2/c1-18(2)13-5-7-20(18,15(24)9-13)11-30(26,27)17(23-22)31(28,29)12-21-8-6-14(10-16(21)25)19(21,3)4/h13-14H,5-12H2,1-4H3. The van der Waals surface area contributed by atoms with E-state index in [0.717, 1.165) is 0 Å². The van der Waals surface area contributed by atoms with E-state index < -0.39 is 57.2 Å². The van der Waals surface area contributed by atoms with E-state index in [1.165, 1.54) is 0 Å². The first-order valence-electron chi connectivity index (χ1n) is 10.8. The molecule has 172 valence electrons. The van der Waals surface area contributed by atoms with Crippen molar-refractivity contribution in [3.63, 3.8) is 0 Å². The number of sulfone groups is 2. The summed E-state index contributed by atoms with van der Waals surface area (Å²) < 4.78 is 51.9. The maximum atomic E-state index is 13.3. The highest BCUT2D eigenvalue weighted by Gasteiger charge is 2.69. The smallest absolute Gasteiger partial charge is 0.359 e. The Morgan fingerprint density at radius 1 is 0.839 bits per heavy atom. The number of carbonyl (C=O) groups is 2. The van der Waals surface area contributed by atoms with E-state index in [0.29, 0.717) is 25.7 Å². The second-order valence-electron chi connectivity index (χ2n) is 11.2. The van der Waals surface area contributed by atoms with Crippen molar-refractivity contribution in [2.75, 3.05) is 11.5 Å². The Morgan fingerprint density at radius 2 is 1.19 bits per heavy atom. The maximum absolute atomic E-state index is 13.3. The third-order valence-corrected chi connectivity index (χ3v) is 14.3. The first-order chi connectivity index (χ1) is 14.1. The second kappa shape index (κ2) is 6.35. The second-order valence-corrected chi connectivity index (χ2v) is 15.3. The van der Waals surface area contributed by atoms with E-state index in [2.05, 4.69) is 4.79 Å². The predicted molar refractivity (Wildman–Crippen MR) is 113 cm³/mol.